The molecule has 3 rings (SSSR count). The van der Waals surface area contributed by atoms with Gasteiger partial charge in [0.15, 0.2) is 0 Å². The molecule has 0 aliphatic heterocycles. The number of halogens is 2. The van der Waals surface area contributed by atoms with Gasteiger partial charge in [-0.15, -0.1) is 0 Å². The Morgan fingerprint density at radius 3 is 2.67 bits per heavy atom. The van der Waals surface area contributed by atoms with Crippen molar-refractivity contribution in [2.45, 2.75) is 18.9 Å². The van der Waals surface area contributed by atoms with Gasteiger partial charge in [0.1, 0.15) is 11.5 Å². The maximum absolute atomic E-state index is 12.1. The van der Waals surface area contributed by atoms with Gasteiger partial charge >= 0.3 is 0 Å². The second-order valence-electron chi connectivity index (χ2n) is 4.76. The third-order valence-electron chi connectivity index (χ3n) is 3.01. The summed E-state index contributed by atoms with van der Waals surface area (Å²) in [4.78, 5) is 20.4. The van der Waals surface area contributed by atoms with Crippen LogP contribution in [0.5, 0.6) is 0 Å². The largest absolute Gasteiger partial charge is 0.366 e. The third-order valence-corrected chi connectivity index (χ3v) is 3.83. The van der Waals surface area contributed by atoms with Crippen molar-refractivity contribution in [2.24, 2.45) is 0 Å². The number of nitrogens with zero attached hydrogens (tertiary/aromatic N) is 2. The zero-order chi connectivity index (χ0) is 14.8. The Balaban J connectivity index is 1.70. The molecule has 0 unspecified atom stereocenters. The van der Waals surface area contributed by atoms with E-state index in [1.54, 1.807) is 24.4 Å². The Kier molecular flexibility index (Phi) is 3.94. The summed E-state index contributed by atoms with van der Waals surface area (Å²) in [5.41, 5.74) is 0.656. The van der Waals surface area contributed by atoms with E-state index in [2.05, 4.69) is 20.6 Å². The quantitative estimate of drug-likeness (QED) is 0.902. The minimum atomic E-state index is -0.385. The van der Waals surface area contributed by atoms with Crippen LogP contribution in [0, 0.1) is 0 Å². The second kappa shape index (κ2) is 5.87. The Morgan fingerprint density at radius 1 is 1.19 bits per heavy atom. The number of hydrogen-bond acceptors (Lipinski definition) is 4. The number of hydrogen-bond donors (Lipinski definition) is 2. The van der Waals surface area contributed by atoms with Gasteiger partial charge in [-0.2, -0.15) is 0 Å². The average Bonchev–Trinajstić information content (AvgIpc) is 3.28. The van der Waals surface area contributed by atoms with Gasteiger partial charge in [-0.3, -0.25) is 4.79 Å². The van der Waals surface area contributed by atoms with Gasteiger partial charge in [0, 0.05) is 6.04 Å². The first-order valence-electron chi connectivity index (χ1n) is 6.47. The van der Waals surface area contributed by atoms with Crippen LogP contribution in [0.15, 0.2) is 30.6 Å². The summed E-state index contributed by atoms with van der Waals surface area (Å²) >= 11 is 11.9. The lowest BCUT2D eigenvalue weighted by Gasteiger charge is -2.08. The Morgan fingerprint density at radius 2 is 2.00 bits per heavy atom. The second-order valence-corrected chi connectivity index (χ2v) is 5.55. The normalized spacial score (nSPS) is 13.8. The Hall–Kier alpha value is -1.85. The number of carbonyl (C=O) groups is 1. The third kappa shape index (κ3) is 3.43. The Bertz CT molecular complexity index is 671. The Labute approximate surface area is 131 Å². The molecule has 1 saturated carbocycles. The molecule has 21 heavy (non-hydrogen) atoms. The van der Waals surface area contributed by atoms with E-state index in [0.717, 1.165) is 12.8 Å². The molecule has 0 saturated heterocycles. The lowest BCUT2D eigenvalue weighted by molar-refractivity contribution is 0.102. The molecule has 108 valence electrons. The van der Waals surface area contributed by atoms with E-state index in [1.165, 1.54) is 6.20 Å². The van der Waals surface area contributed by atoms with Gasteiger partial charge in [-0.05, 0) is 25.0 Å². The summed E-state index contributed by atoms with van der Waals surface area (Å²) in [5, 5.41) is 6.54. The van der Waals surface area contributed by atoms with Crippen LogP contribution < -0.4 is 10.6 Å². The molecule has 1 aliphatic rings. The molecule has 1 aliphatic carbocycles. The molecule has 1 amide bonds. The van der Waals surface area contributed by atoms with Gasteiger partial charge in [0.2, 0.25) is 0 Å². The van der Waals surface area contributed by atoms with Crippen LogP contribution in [0.1, 0.15) is 23.3 Å². The minimum absolute atomic E-state index is 0.215. The zero-order valence-corrected chi connectivity index (χ0v) is 12.4. The predicted molar refractivity (Wildman–Crippen MR) is 83.1 cm³/mol. The van der Waals surface area contributed by atoms with E-state index in [0.29, 0.717) is 27.6 Å². The number of anilines is 2. The molecular weight excluding hydrogens is 311 g/mol. The van der Waals surface area contributed by atoms with E-state index >= 15 is 0 Å². The highest BCUT2D eigenvalue weighted by atomic mass is 35.5. The van der Waals surface area contributed by atoms with Crippen molar-refractivity contribution in [3.05, 3.63) is 46.3 Å². The van der Waals surface area contributed by atoms with Gasteiger partial charge in [-0.25, -0.2) is 9.97 Å². The van der Waals surface area contributed by atoms with Crippen LogP contribution >= 0.6 is 23.2 Å². The molecule has 0 bridgehead atoms. The number of benzene rings is 1. The summed E-state index contributed by atoms with van der Waals surface area (Å²) in [6.45, 7) is 0. The molecule has 0 radical (unpaired) electrons. The molecule has 1 heterocycles. The van der Waals surface area contributed by atoms with Crippen LogP contribution in [0.4, 0.5) is 11.5 Å². The van der Waals surface area contributed by atoms with Crippen LogP contribution in [-0.4, -0.2) is 21.9 Å². The topological polar surface area (TPSA) is 66.9 Å². The highest BCUT2D eigenvalue weighted by Crippen LogP contribution is 2.29. The SMILES string of the molecule is O=C(Nc1cccc(Cl)c1Cl)c1cnc(NC2CC2)cn1. The summed E-state index contributed by atoms with van der Waals surface area (Å²) < 4.78 is 0. The lowest BCUT2D eigenvalue weighted by Crippen LogP contribution is -2.15. The maximum atomic E-state index is 12.1. The molecule has 0 spiro atoms. The number of carbonyl (C=O) groups excluding carboxylic acids is 1. The predicted octanol–water partition coefficient (Wildman–Crippen LogP) is 3.61. The molecule has 2 N–H and O–H groups in total. The molecule has 1 aromatic carbocycles. The summed E-state index contributed by atoms with van der Waals surface area (Å²) in [5.74, 6) is 0.291. The van der Waals surface area contributed by atoms with Crippen LogP contribution in [0.2, 0.25) is 10.0 Å². The fourth-order valence-electron chi connectivity index (χ4n) is 1.74. The fourth-order valence-corrected chi connectivity index (χ4v) is 2.09. The van der Waals surface area contributed by atoms with Gasteiger partial charge < -0.3 is 10.6 Å². The van der Waals surface area contributed by atoms with Crippen molar-refractivity contribution in [1.82, 2.24) is 9.97 Å². The van der Waals surface area contributed by atoms with Gasteiger partial charge in [-0.1, -0.05) is 29.3 Å². The van der Waals surface area contributed by atoms with Crippen molar-refractivity contribution >= 4 is 40.6 Å². The van der Waals surface area contributed by atoms with Crippen molar-refractivity contribution in [3.8, 4) is 0 Å². The van der Waals surface area contributed by atoms with E-state index < -0.39 is 0 Å². The zero-order valence-electron chi connectivity index (χ0n) is 10.9. The first-order valence-corrected chi connectivity index (χ1v) is 7.23. The minimum Gasteiger partial charge on any atom is -0.366 e. The van der Waals surface area contributed by atoms with Crippen molar-refractivity contribution in [2.75, 3.05) is 10.6 Å². The van der Waals surface area contributed by atoms with E-state index in [-0.39, 0.29) is 11.6 Å². The fraction of sp³-hybridized carbons (Fsp3) is 0.214. The van der Waals surface area contributed by atoms with Crippen LogP contribution in [-0.2, 0) is 0 Å². The number of nitrogens with one attached hydrogen (secondary N) is 2. The van der Waals surface area contributed by atoms with E-state index in [9.17, 15) is 4.79 Å². The van der Waals surface area contributed by atoms with Crippen LogP contribution in [0.25, 0.3) is 0 Å². The molecule has 7 heteroatoms. The average molecular weight is 323 g/mol. The maximum Gasteiger partial charge on any atom is 0.275 e. The van der Waals surface area contributed by atoms with E-state index in [4.69, 9.17) is 23.2 Å². The first-order chi connectivity index (χ1) is 10.1. The summed E-state index contributed by atoms with van der Waals surface area (Å²) in [7, 11) is 0. The molecular formula is C14H12Cl2N4O. The van der Waals surface area contributed by atoms with E-state index in [1.807, 2.05) is 0 Å². The van der Waals surface area contributed by atoms with Crippen molar-refractivity contribution in [3.63, 3.8) is 0 Å². The highest BCUT2D eigenvalue weighted by molar-refractivity contribution is 6.44. The summed E-state index contributed by atoms with van der Waals surface area (Å²) in [6, 6.07) is 5.52. The number of amides is 1. The molecule has 2 aromatic rings. The molecule has 0 atom stereocenters. The summed E-state index contributed by atoms with van der Waals surface area (Å²) in [6.07, 6.45) is 5.28. The van der Waals surface area contributed by atoms with Crippen LogP contribution in [0.3, 0.4) is 0 Å². The first kappa shape index (κ1) is 14.1. The smallest absolute Gasteiger partial charge is 0.275 e. The number of rotatable bonds is 4. The van der Waals surface area contributed by atoms with Gasteiger partial charge in [0.25, 0.3) is 5.91 Å². The monoisotopic (exact) mass is 322 g/mol. The molecule has 1 aromatic heterocycles. The number of aromatic nitrogens is 2. The van der Waals surface area contributed by atoms with Gasteiger partial charge in [0.05, 0.1) is 28.1 Å². The van der Waals surface area contributed by atoms with Crippen molar-refractivity contribution < 1.29 is 4.79 Å². The molecule has 5 nitrogen and oxygen atoms in total. The molecule has 1 fully saturated rings. The van der Waals surface area contributed by atoms with Crippen molar-refractivity contribution in [1.29, 1.82) is 0 Å². The lowest BCUT2D eigenvalue weighted by atomic mass is 10.3. The standard InChI is InChI=1S/C14H12Cl2N4O/c15-9-2-1-3-10(13(9)16)20-14(21)11-6-18-12(7-17-11)19-8-4-5-8/h1-3,6-8H,4-5H2,(H,18,19)(H,20,21). The highest BCUT2D eigenvalue weighted by Gasteiger charge is 2.21.